The predicted octanol–water partition coefficient (Wildman–Crippen LogP) is 4.42. The van der Waals surface area contributed by atoms with Gasteiger partial charge in [-0.05, 0) is 62.1 Å². The summed E-state index contributed by atoms with van der Waals surface area (Å²) in [6, 6.07) is 11.7. The van der Waals surface area contributed by atoms with Gasteiger partial charge in [0.15, 0.2) is 0 Å². The number of aryl methyl sites for hydroxylation is 2. The molecule has 1 N–H and O–H groups in total. The number of anilines is 1. The number of hydrogen-bond acceptors (Lipinski definition) is 3. The Morgan fingerprint density at radius 3 is 2.62 bits per heavy atom. The first kappa shape index (κ1) is 17.9. The highest BCUT2D eigenvalue weighted by molar-refractivity contribution is 5.92. The van der Waals surface area contributed by atoms with Crippen molar-refractivity contribution in [1.82, 2.24) is 0 Å². The van der Waals surface area contributed by atoms with E-state index >= 15 is 0 Å². The van der Waals surface area contributed by atoms with Crippen molar-refractivity contribution in [3.63, 3.8) is 0 Å². The van der Waals surface area contributed by atoms with E-state index in [2.05, 4.69) is 18.3 Å². The van der Waals surface area contributed by atoms with Crippen molar-refractivity contribution < 1.29 is 14.3 Å². The van der Waals surface area contributed by atoms with Crippen molar-refractivity contribution in [3.8, 4) is 11.5 Å². The lowest BCUT2D eigenvalue weighted by Gasteiger charge is -2.12. The van der Waals surface area contributed by atoms with Gasteiger partial charge in [0.1, 0.15) is 11.5 Å². The highest BCUT2D eigenvalue weighted by Gasteiger charge is 2.08. The van der Waals surface area contributed by atoms with Crippen LogP contribution in [0, 0.1) is 20.8 Å². The molecule has 0 saturated carbocycles. The second-order valence-corrected chi connectivity index (χ2v) is 5.90. The van der Waals surface area contributed by atoms with Gasteiger partial charge in [-0.3, -0.25) is 4.79 Å². The van der Waals surface area contributed by atoms with E-state index in [0.29, 0.717) is 30.9 Å². The van der Waals surface area contributed by atoms with Crippen LogP contribution in [-0.2, 0) is 4.79 Å². The maximum absolute atomic E-state index is 12.1. The van der Waals surface area contributed by atoms with Crippen molar-refractivity contribution in [3.05, 3.63) is 53.1 Å². The highest BCUT2D eigenvalue weighted by atomic mass is 16.5. The molecule has 0 aromatic heterocycles. The van der Waals surface area contributed by atoms with Crippen LogP contribution >= 0.6 is 0 Å². The van der Waals surface area contributed by atoms with Crippen LogP contribution in [0.4, 0.5) is 5.69 Å². The highest BCUT2D eigenvalue weighted by Crippen LogP contribution is 2.25. The molecular weight excluding hydrogens is 302 g/mol. The SMILES string of the molecule is COc1ccc(C)cc1NC(=O)CCCOc1cccc(C)c1C. The van der Waals surface area contributed by atoms with E-state index in [-0.39, 0.29) is 5.91 Å². The maximum Gasteiger partial charge on any atom is 0.224 e. The predicted molar refractivity (Wildman–Crippen MR) is 97.0 cm³/mol. The average Bonchev–Trinajstić information content (AvgIpc) is 2.55. The Hall–Kier alpha value is -2.49. The van der Waals surface area contributed by atoms with Crippen molar-refractivity contribution in [2.75, 3.05) is 19.0 Å². The summed E-state index contributed by atoms with van der Waals surface area (Å²) in [5.41, 5.74) is 4.13. The molecule has 0 heterocycles. The van der Waals surface area contributed by atoms with E-state index in [4.69, 9.17) is 9.47 Å². The topological polar surface area (TPSA) is 47.6 Å². The molecule has 0 bridgehead atoms. The van der Waals surface area contributed by atoms with Gasteiger partial charge < -0.3 is 14.8 Å². The summed E-state index contributed by atoms with van der Waals surface area (Å²) < 4.78 is 11.0. The molecule has 24 heavy (non-hydrogen) atoms. The van der Waals surface area contributed by atoms with Crippen LogP contribution in [0.5, 0.6) is 11.5 Å². The minimum absolute atomic E-state index is 0.0385. The molecular formula is C20H25NO3. The summed E-state index contributed by atoms with van der Waals surface area (Å²) in [5.74, 6) is 1.51. The lowest BCUT2D eigenvalue weighted by molar-refractivity contribution is -0.116. The monoisotopic (exact) mass is 327 g/mol. The lowest BCUT2D eigenvalue weighted by Crippen LogP contribution is -2.13. The van der Waals surface area contributed by atoms with Gasteiger partial charge in [-0.2, -0.15) is 0 Å². The molecule has 1 amide bonds. The first-order valence-electron chi connectivity index (χ1n) is 8.14. The van der Waals surface area contributed by atoms with Crippen LogP contribution < -0.4 is 14.8 Å². The Morgan fingerprint density at radius 1 is 1.08 bits per heavy atom. The molecule has 2 aromatic rings. The van der Waals surface area contributed by atoms with Crippen molar-refractivity contribution in [1.29, 1.82) is 0 Å². The van der Waals surface area contributed by atoms with Gasteiger partial charge in [-0.1, -0.05) is 18.2 Å². The van der Waals surface area contributed by atoms with Crippen LogP contribution in [-0.4, -0.2) is 19.6 Å². The Labute approximate surface area is 143 Å². The number of methoxy groups -OCH3 is 1. The molecule has 128 valence electrons. The fourth-order valence-corrected chi connectivity index (χ4v) is 2.43. The molecule has 0 radical (unpaired) electrons. The second kappa shape index (κ2) is 8.39. The number of nitrogens with one attached hydrogen (secondary N) is 1. The minimum Gasteiger partial charge on any atom is -0.495 e. The standard InChI is InChI=1S/C20H25NO3/c1-14-10-11-19(23-4)17(13-14)21-20(22)9-6-12-24-18-8-5-7-15(2)16(18)3/h5,7-8,10-11,13H,6,9,12H2,1-4H3,(H,21,22). The zero-order chi connectivity index (χ0) is 17.5. The van der Waals surface area contributed by atoms with Crippen molar-refractivity contribution >= 4 is 11.6 Å². The van der Waals surface area contributed by atoms with Crippen LogP contribution in [0.3, 0.4) is 0 Å². The number of carbonyl (C=O) groups excluding carboxylic acids is 1. The average molecular weight is 327 g/mol. The Bertz CT molecular complexity index is 710. The van der Waals surface area contributed by atoms with E-state index in [1.165, 1.54) is 5.56 Å². The van der Waals surface area contributed by atoms with Gasteiger partial charge in [-0.15, -0.1) is 0 Å². The second-order valence-electron chi connectivity index (χ2n) is 5.90. The first-order chi connectivity index (χ1) is 11.5. The summed E-state index contributed by atoms with van der Waals surface area (Å²) in [6.45, 7) is 6.60. The number of rotatable bonds is 7. The van der Waals surface area contributed by atoms with Crippen LogP contribution in [0.25, 0.3) is 0 Å². The zero-order valence-electron chi connectivity index (χ0n) is 14.8. The molecule has 0 saturated heterocycles. The number of carbonyl (C=O) groups is 1. The quantitative estimate of drug-likeness (QED) is 0.766. The molecule has 2 rings (SSSR count). The molecule has 0 aliphatic heterocycles. The number of benzene rings is 2. The van der Waals surface area contributed by atoms with Gasteiger partial charge >= 0.3 is 0 Å². The van der Waals surface area contributed by atoms with Crippen LogP contribution in [0.2, 0.25) is 0 Å². The van der Waals surface area contributed by atoms with E-state index in [9.17, 15) is 4.79 Å². The molecule has 0 unspecified atom stereocenters. The van der Waals surface area contributed by atoms with Gasteiger partial charge in [-0.25, -0.2) is 0 Å². The first-order valence-corrected chi connectivity index (χ1v) is 8.14. The van der Waals surface area contributed by atoms with Gasteiger partial charge in [0.25, 0.3) is 0 Å². The largest absolute Gasteiger partial charge is 0.495 e. The molecule has 0 fully saturated rings. The van der Waals surface area contributed by atoms with Gasteiger partial charge in [0, 0.05) is 6.42 Å². The summed E-state index contributed by atoms with van der Waals surface area (Å²) >= 11 is 0. The third-order valence-corrected chi connectivity index (χ3v) is 3.99. The summed E-state index contributed by atoms with van der Waals surface area (Å²) in [4.78, 5) is 12.1. The smallest absolute Gasteiger partial charge is 0.224 e. The van der Waals surface area contributed by atoms with Crippen LogP contribution in [0.15, 0.2) is 36.4 Å². The molecule has 0 aliphatic carbocycles. The fourth-order valence-electron chi connectivity index (χ4n) is 2.43. The van der Waals surface area contributed by atoms with E-state index in [1.54, 1.807) is 7.11 Å². The molecule has 2 aromatic carbocycles. The molecule has 0 aliphatic rings. The fraction of sp³-hybridized carbons (Fsp3) is 0.350. The third-order valence-electron chi connectivity index (χ3n) is 3.99. The molecule has 4 heteroatoms. The van der Waals surface area contributed by atoms with Crippen molar-refractivity contribution in [2.45, 2.75) is 33.6 Å². The summed E-state index contributed by atoms with van der Waals surface area (Å²) in [5, 5.41) is 2.90. The minimum atomic E-state index is -0.0385. The lowest BCUT2D eigenvalue weighted by atomic mass is 10.1. The third kappa shape index (κ3) is 4.75. The van der Waals surface area contributed by atoms with E-state index in [1.807, 2.05) is 44.2 Å². The van der Waals surface area contributed by atoms with Gasteiger partial charge in [0.05, 0.1) is 19.4 Å². The molecule has 4 nitrogen and oxygen atoms in total. The van der Waals surface area contributed by atoms with Gasteiger partial charge in [0.2, 0.25) is 5.91 Å². The number of hydrogen-bond donors (Lipinski definition) is 1. The normalized spacial score (nSPS) is 10.3. The number of ether oxygens (including phenoxy) is 2. The van der Waals surface area contributed by atoms with E-state index in [0.717, 1.165) is 16.9 Å². The number of amides is 1. The summed E-state index contributed by atoms with van der Waals surface area (Å²) in [7, 11) is 1.60. The Kier molecular flexibility index (Phi) is 6.24. The van der Waals surface area contributed by atoms with Crippen molar-refractivity contribution in [2.24, 2.45) is 0 Å². The summed E-state index contributed by atoms with van der Waals surface area (Å²) in [6.07, 6.45) is 1.06. The molecule has 0 spiro atoms. The van der Waals surface area contributed by atoms with Crippen LogP contribution in [0.1, 0.15) is 29.5 Å². The molecule has 0 atom stereocenters. The zero-order valence-corrected chi connectivity index (χ0v) is 14.8. The maximum atomic E-state index is 12.1. The van der Waals surface area contributed by atoms with E-state index < -0.39 is 0 Å². The Balaban J connectivity index is 1.82. The Morgan fingerprint density at radius 2 is 1.88 bits per heavy atom.